The fraction of sp³-hybridized carbons (Fsp3) is 0.278. The fourth-order valence-electron chi connectivity index (χ4n) is 2.16. The summed E-state index contributed by atoms with van der Waals surface area (Å²) in [5.74, 6) is -0.00283. The maximum Gasteiger partial charge on any atom is 0.303 e. The molecule has 0 bridgehead atoms. The number of carboxylic acids is 1. The van der Waals surface area contributed by atoms with E-state index in [1.54, 1.807) is 0 Å². The summed E-state index contributed by atoms with van der Waals surface area (Å²) in [6, 6.07) is 15.3. The monoisotopic (exact) mass is 314 g/mol. The maximum absolute atomic E-state index is 10.4. The zero-order valence-corrected chi connectivity index (χ0v) is 13.0. The van der Waals surface area contributed by atoms with Crippen molar-refractivity contribution in [2.75, 3.05) is 17.7 Å². The smallest absolute Gasteiger partial charge is 0.303 e. The van der Waals surface area contributed by atoms with Crippen molar-refractivity contribution < 1.29 is 14.6 Å². The summed E-state index contributed by atoms with van der Waals surface area (Å²) in [5.41, 5.74) is 8.41. The summed E-state index contributed by atoms with van der Waals surface area (Å²) >= 11 is 0. The first kappa shape index (κ1) is 16.7. The van der Waals surface area contributed by atoms with Crippen molar-refractivity contribution in [2.45, 2.75) is 25.7 Å². The molecule has 0 fully saturated rings. The number of hydrogen-bond donors (Lipinski definition) is 3. The predicted octanol–water partition coefficient (Wildman–Crippen LogP) is 4.04. The largest absolute Gasteiger partial charge is 0.494 e. The second-order valence-corrected chi connectivity index (χ2v) is 5.29. The van der Waals surface area contributed by atoms with Gasteiger partial charge in [-0.05, 0) is 43.5 Å². The molecule has 0 radical (unpaired) electrons. The van der Waals surface area contributed by atoms with Crippen LogP contribution in [0.5, 0.6) is 5.75 Å². The van der Waals surface area contributed by atoms with Crippen molar-refractivity contribution in [1.82, 2.24) is 0 Å². The Labute approximate surface area is 136 Å². The molecule has 0 aromatic heterocycles. The molecule has 0 spiro atoms. The molecule has 0 atom stereocenters. The number of nitrogen functional groups attached to an aromatic ring is 1. The molecule has 23 heavy (non-hydrogen) atoms. The van der Waals surface area contributed by atoms with Gasteiger partial charge in [0.05, 0.1) is 18.0 Å². The number of rotatable bonds is 9. The SMILES string of the molecule is Nc1ccc(OCCCCCC(=O)O)cc1Nc1ccccc1. The van der Waals surface area contributed by atoms with Crippen LogP contribution in [0.3, 0.4) is 0 Å². The number of nitrogens with two attached hydrogens (primary N) is 1. The summed E-state index contributed by atoms with van der Waals surface area (Å²) in [4.78, 5) is 10.4. The lowest BCUT2D eigenvalue weighted by molar-refractivity contribution is -0.137. The highest BCUT2D eigenvalue weighted by Crippen LogP contribution is 2.27. The van der Waals surface area contributed by atoms with Gasteiger partial charge in [-0.3, -0.25) is 4.79 Å². The zero-order valence-electron chi connectivity index (χ0n) is 13.0. The minimum absolute atomic E-state index is 0.215. The standard InChI is InChI=1S/C18H22N2O3/c19-16-11-10-15(23-12-6-2-5-9-18(21)22)13-17(16)20-14-7-3-1-4-8-14/h1,3-4,7-8,10-11,13,20H,2,5-6,9,12,19H2,(H,21,22). The molecule has 0 aliphatic carbocycles. The number of carbonyl (C=O) groups is 1. The minimum Gasteiger partial charge on any atom is -0.494 e. The Morgan fingerprint density at radius 2 is 1.87 bits per heavy atom. The van der Waals surface area contributed by atoms with Crippen LogP contribution in [0.2, 0.25) is 0 Å². The van der Waals surface area contributed by atoms with Gasteiger partial charge in [0.2, 0.25) is 0 Å². The Balaban J connectivity index is 1.84. The minimum atomic E-state index is -0.749. The van der Waals surface area contributed by atoms with Crippen LogP contribution >= 0.6 is 0 Å². The molecule has 2 aromatic rings. The van der Waals surface area contributed by atoms with Gasteiger partial charge in [-0.25, -0.2) is 0 Å². The highest BCUT2D eigenvalue weighted by atomic mass is 16.5. The number of anilines is 3. The van der Waals surface area contributed by atoms with Crippen LogP contribution in [0.25, 0.3) is 0 Å². The molecule has 0 saturated heterocycles. The molecule has 122 valence electrons. The normalized spacial score (nSPS) is 10.3. The first-order valence-corrected chi connectivity index (χ1v) is 7.71. The van der Waals surface area contributed by atoms with Gasteiger partial charge in [0.15, 0.2) is 0 Å². The molecule has 0 aliphatic heterocycles. The second-order valence-electron chi connectivity index (χ2n) is 5.29. The average Bonchev–Trinajstić information content (AvgIpc) is 2.54. The van der Waals surface area contributed by atoms with Crippen LogP contribution in [-0.4, -0.2) is 17.7 Å². The van der Waals surface area contributed by atoms with Crippen LogP contribution in [-0.2, 0) is 4.79 Å². The third kappa shape index (κ3) is 5.90. The summed E-state index contributed by atoms with van der Waals surface area (Å²) in [5, 5.41) is 11.8. The van der Waals surface area contributed by atoms with Crippen molar-refractivity contribution >= 4 is 23.0 Å². The number of nitrogens with one attached hydrogen (secondary N) is 1. The highest BCUT2D eigenvalue weighted by molar-refractivity contribution is 5.74. The molecular formula is C18H22N2O3. The van der Waals surface area contributed by atoms with Gasteiger partial charge in [-0.15, -0.1) is 0 Å². The fourth-order valence-corrected chi connectivity index (χ4v) is 2.16. The lowest BCUT2D eigenvalue weighted by Crippen LogP contribution is -2.01. The van der Waals surface area contributed by atoms with E-state index in [9.17, 15) is 4.79 Å². The van der Waals surface area contributed by atoms with E-state index < -0.39 is 5.97 Å². The number of ether oxygens (including phenoxy) is 1. The molecule has 2 aromatic carbocycles. The van der Waals surface area contributed by atoms with Crippen LogP contribution in [0.4, 0.5) is 17.1 Å². The Hall–Kier alpha value is -2.69. The zero-order chi connectivity index (χ0) is 16.5. The molecular weight excluding hydrogens is 292 g/mol. The van der Waals surface area contributed by atoms with Gasteiger partial charge in [0.1, 0.15) is 5.75 Å². The quantitative estimate of drug-likeness (QED) is 0.480. The van der Waals surface area contributed by atoms with Crippen LogP contribution in [0.1, 0.15) is 25.7 Å². The van der Waals surface area contributed by atoms with Gasteiger partial charge in [-0.2, -0.15) is 0 Å². The predicted molar refractivity (Wildman–Crippen MR) is 92.2 cm³/mol. The van der Waals surface area contributed by atoms with E-state index in [1.165, 1.54) is 0 Å². The Morgan fingerprint density at radius 3 is 2.61 bits per heavy atom. The van der Waals surface area contributed by atoms with E-state index >= 15 is 0 Å². The number of benzene rings is 2. The van der Waals surface area contributed by atoms with Crippen molar-refractivity contribution in [1.29, 1.82) is 0 Å². The van der Waals surface area contributed by atoms with Gasteiger partial charge in [0.25, 0.3) is 0 Å². The average molecular weight is 314 g/mol. The maximum atomic E-state index is 10.4. The lowest BCUT2D eigenvalue weighted by atomic mass is 10.2. The molecule has 5 heteroatoms. The van der Waals surface area contributed by atoms with Crippen LogP contribution in [0, 0.1) is 0 Å². The third-order valence-electron chi connectivity index (χ3n) is 3.38. The molecule has 0 saturated carbocycles. The van der Waals surface area contributed by atoms with Crippen molar-refractivity contribution in [3.8, 4) is 5.75 Å². The first-order valence-electron chi connectivity index (χ1n) is 7.71. The van der Waals surface area contributed by atoms with Gasteiger partial charge < -0.3 is 20.9 Å². The topological polar surface area (TPSA) is 84.6 Å². The van der Waals surface area contributed by atoms with E-state index in [2.05, 4.69) is 5.32 Å². The van der Waals surface area contributed by atoms with Gasteiger partial charge in [0, 0.05) is 18.2 Å². The van der Waals surface area contributed by atoms with Gasteiger partial charge in [-0.1, -0.05) is 18.2 Å². The lowest BCUT2D eigenvalue weighted by Gasteiger charge is -2.12. The van der Waals surface area contributed by atoms with Crippen LogP contribution < -0.4 is 15.8 Å². The molecule has 0 heterocycles. The Morgan fingerprint density at radius 1 is 1.09 bits per heavy atom. The summed E-state index contributed by atoms with van der Waals surface area (Å²) < 4.78 is 5.70. The van der Waals surface area contributed by atoms with Crippen molar-refractivity contribution in [3.63, 3.8) is 0 Å². The van der Waals surface area contributed by atoms with E-state index in [0.717, 1.165) is 30.0 Å². The Bertz CT molecular complexity index is 629. The number of unbranched alkanes of at least 4 members (excludes halogenated alkanes) is 2. The summed E-state index contributed by atoms with van der Waals surface area (Å²) in [6.07, 6.45) is 2.57. The van der Waals surface area contributed by atoms with Crippen molar-refractivity contribution in [2.24, 2.45) is 0 Å². The summed E-state index contributed by atoms with van der Waals surface area (Å²) in [7, 11) is 0. The second kappa shape index (κ2) is 8.68. The van der Waals surface area contributed by atoms with E-state index in [4.69, 9.17) is 15.6 Å². The molecule has 0 aliphatic rings. The number of para-hydroxylation sites is 1. The summed E-state index contributed by atoms with van der Waals surface area (Å²) in [6.45, 7) is 0.564. The van der Waals surface area contributed by atoms with Crippen LogP contribution in [0.15, 0.2) is 48.5 Å². The first-order chi connectivity index (χ1) is 11.1. The molecule has 0 unspecified atom stereocenters. The van der Waals surface area contributed by atoms with E-state index in [1.807, 2.05) is 48.5 Å². The molecule has 2 rings (SSSR count). The molecule has 5 nitrogen and oxygen atoms in total. The molecule has 0 amide bonds. The van der Waals surface area contributed by atoms with E-state index in [-0.39, 0.29) is 6.42 Å². The molecule has 4 N–H and O–H groups in total. The van der Waals surface area contributed by atoms with Gasteiger partial charge >= 0.3 is 5.97 Å². The van der Waals surface area contributed by atoms with E-state index in [0.29, 0.717) is 18.7 Å². The number of carboxylic acid groups (broad SMARTS) is 1. The third-order valence-corrected chi connectivity index (χ3v) is 3.38. The number of hydrogen-bond acceptors (Lipinski definition) is 4. The Kier molecular flexibility index (Phi) is 6.29. The number of aliphatic carboxylic acids is 1. The van der Waals surface area contributed by atoms with Crippen molar-refractivity contribution in [3.05, 3.63) is 48.5 Å². The highest BCUT2D eigenvalue weighted by Gasteiger charge is 2.03.